The number of amides is 1. The summed E-state index contributed by atoms with van der Waals surface area (Å²) in [7, 11) is 1.53. The lowest BCUT2D eigenvalue weighted by atomic mass is 10.2. The monoisotopic (exact) mass is 375 g/mol. The Morgan fingerprint density at radius 1 is 1.19 bits per heavy atom. The van der Waals surface area contributed by atoms with Gasteiger partial charge in [-0.3, -0.25) is 14.2 Å². The molecular formula is C16H21N7O4. The maximum atomic E-state index is 12.5. The summed E-state index contributed by atoms with van der Waals surface area (Å²) in [5, 5.41) is 3.79. The molecule has 0 aliphatic carbocycles. The fourth-order valence-corrected chi connectivity index (χ4v) is 2.77. The van der Waals surface area contributed by atoms with Crippen LogP contribution < -0.4 is 10.6 Å². The quantitative estimate of drug-likeness (QED) is 0.589. The van der Waals surface area contributed by atoms with Gasteiger partial charge in [0.25, 0.3) is 5.91 Å². The molecule has 1 atom stereocenters. The molecular weight excluding hydrogens is 354 g/mol. The van der Waals surface area contributed by atoms with Crippen LogP contribution in [0, 0.1) is 0 Å². The third-order valence-corrected chi connectivity index (χ3v) is 4.25. The molecule has 0 saturated carbocycles. The van der Waals surface area contributed by atoms with E-state index in [0.29, 0.717) is 32.1 Å². The minimum absolute atomic E-state index is 0.273. The Kier molecular flexibility index (Phi) is 5.48. The van der Waals surface area contributed by atoms with Gasteiger partial charge in [0.1, 0.15) is 12.9 Å². The van der Waals surface area contributed by atoms with Gasteiger partial charge in [-0.05, 0) is 13.0 Å². The van der Waals surface area contributed by atoms with Gasteiger partial charge in [0.15, 0.2) is 6.10 Å². The zero-order chi connectivity index (χ0) is 19.4. The van der Waals surface area contributed by atoms with Crippen molar-refractivity contribution in [3.63, 3.8) is 0 Å². The largest absolute Gasteiger partial charge is 0.451 e. The number of aromatic nitrogens is 5. The van der Waals surface area contributed by atoms with Gasteiger partial charge >= 0.3 is 11.7 Å². The molecule has 11 nitrogen and oxygen atoms in total. The fraction of sp³-hybridized carbons (Fsp3) is 0.500. The van der Waals surface area contributed by atoms with Gasteiger partial charge in [0.05, 0.1) is 0 Å². The molecule has 1 aliphatic rings. The van der Waals surface area contributed by atoms with Crippen LogP contribution in [-0.2, 0) is 27.9 Å². The van der Waals surface area contributed by atoms with Crippen molar-refractivity contribution < 1.29 is 14.3 Å². The number of hydrogen-bond acceptors (Lipinski definition) is 8. The maximum absolute atomic E-state index is 12.5. The van der Waals surface area contributed by atoms with E-state index in [4.69, 9.17) is 4.74 Å². The van der Waals surface area contributed by atoms with Gasteiger partial charge in [0.2, 0.25) is 5.95 Å². The average Bonchev–Trinajstić information content (AvgIpc) is 3.00. The van der Waals surface area contributed by atoms with Crippen molar-refractivity contribution in [2.24, 2.45) is 7.05 Å². The van der Waals surface area contributed by atoms with E-state index in [-0.39, 0.29) is 12.5 Å². The molecule has 1 aliphatic heterocycles. The lowest BCUT2D eigenvalue weighted by Crippen LogP contribution is -2.52. The molecule has 3 heterocycles. The number of ether oxygens (including phenoxy) is 1. The van der Waals surface area contributed by atoms with Crippen molar-refractivity contribution in [1.29, 1.82) is 0 Å². The van der Waals surface area contributed by atoms with Crippen molar-refractivity contribution in [3.8, 4) is 0 Å². The van der Waals surface area contributed by atoms with Crippen LogP contribution in [0.15, 0.2) is 29.6 Å². The highest BCUT2D eigenvalue weighted by molar-refractivity contribution is 5.83. The normalized spacial score (nSPS) is 15.5. The van der Waals surface area contributed by atoms with Crippen LogP contribution >= 0.6 is 0 Å². The first kappa shape index (κ1) is 18.5. The molecule has 0 spiro atoms. The first-order chi connectivity index (χ1) is 13.0. The number of aryl methyl sites for hydroxylation is 1. The van der Waals surface area contributed by atoms with E-state index in [0.717, 1.165) is 4.68 Å². The smallest absolute Gasteiger partial charge is 0.345 e. The Balaban J connectivity index is 1.50. The van der Waals surface area contributed by atoms with Crippen LogP contribution in [0.3, 0.4) is 0 Å². The molecule has 0 unspecified atom stereocenters. The van der Waals surface area contributed by atoms with Gasteiger partial charge in [-0.1, -0.05) is 0 Å². The van der Waals surface area contributed by atoms with Crippen molar-refractivity contribution >= 4 is 17.8 Å². The number of carbonyl (C=O) groups is 2. The van der Waals surface area contributed by atoms with Crippen molar-refractivity contribution in [3.05, 3.63) is 35.3 Å². The van der Waals surface area contributed by atoms with E-state index in [9.17, 15) is 14.4 Å². The third kappa shape index (κ3) is 4.30. The van der Waals surface area contributed by atoms with Crippen LogP contribution in [0.25, 0.3) is 0 Å². The zero-order valence-electron chi connectivity index (χ0n) is 15.2. The minimum atomic E-state index is -0.934. The Bertz CT molecular complexity index is 855. The number of nitrogens with zero attached hydrogens (tertiary/aromatic N) is 7. The number of piperazine rings is 1. The maximum Gasteiger partial charge on any atom is 0.345 e. The Morgan fingerprint density at radius 3 is 2.44 bits per heavy atom. The van der Waals surface area contributed by atoms with Crippen molar-refractivity contribution in [2.75, 3.05) is 31.1 Å². The van der Waals surface area contributed by atoms with Crippen LogP contribution in [0.5, 0.6) is 0 Å². The highest BCUT2D eigenvalue weighted by Gasteiger charge is 2.28. The lowest BCUT2D eigenvalue weighted by Gasteiger charge is -2.35. The van der Waals surface area contributed by atoms with E-state index in [1.807, 2.05) is 4.90 Å². The summed E-state index contributed by atoms with van der Waals surface area (Å²) in [6, 6.07) is 1.75. The molecule has 1 amide bonds. The van der Waals surface area contributed by atoms with E-state index >= 15 is 0 Å². The van der Waals surface area contributed by atoms with Crippen LogP contribution in [0.4, 0.5) is 5.95 Å². The van der Waals surface area contributed by atoms with Gasteiger partial charge in [0, 0.05) is 45.6 Å². The predicted octanol–water partition coefficient (Wildman–Crippen LogP) is -1.35. The van der Waals surface area contributed by atoms with Gasteiger partial charge in [-0.15, -0.1) is 0 Å². The van der Waals surface area contributed by atoms with E-state index in [1.165, 1.54) is 24.9 Å². The molecule has 2 aromatic rings. The minimum Gasteiger partial charge on any atom is -0.451 e. The summed E-state index contributed by atoms with van der Waals surface area (Å²) in [5.41, 5.74) is -0.426. The van der Waals surface area contributed by atoms with Crippen molar-refractivity contribution in [1.82, 2.24) is 29.2 Å². The Labute approximate surface area is 155 Å². The second-order valence-electron chi connectivity index (χ2n) is 6.18. The zero-order valence-corrected chi connectivity index (χ0v) is 15.2. The molecule has 1 fully saturated rings. The molecule has 0 bridgehead atoms. The number of rotatable bonds is 5. The van der Waals surface area contributed by atoms with Gasteiger partial charge in [-0.2, -0.15) is 5.10 Å². The first-order valence-electron chi connectivity index (χ1n) is 8.54. The molecule has 144 valence electrons. The topological polar surface area (TPSA) is 115 Å². The molecule has 2 aromatic heterocycles. The highest BCUT2D eigenvalue weighted by Crippen LogP contribution is 2.11. The third-order valence-electron chi connectivity index (χ3n) is 4.25. The Morgan fingerprint density at radius 2 is 1.85 bits per heavy atom. The first-order valence-corrected chi connectivity index (χ1v) is 8.54. The SMILES string of the molecule is C[C@H](OC(=O)Cn1ncn(C)c1=O)C(=O)N1CCN(c2ncccn2)CC1. The second-order valence-corrected chi connectivity index (χ2v) is 6.18. The molecule has 0 aromatic carbocycles. The standard InChI is InChI=1S/C16H21N7O4/c1-12(27-13(24)10-23-16(26)20(2)11-19-23)14(25)21-6-8-22(9-7-21)15-17-4-3-5-18-15/h3-5,11-12H,6-10H2,1-2H3/t12-/m0/s1. The molecule has 27 heavy (non-hydrogen) atoms. The summed E-state index contributed by atoms with van der Waals surface area (Å²) < 4.78 is 7.40. The lowest BCUT2D eigenvalue weighted by molar-refractivity contribution is -0.160. The fourth-order valence-electron chi connectivity index (χ4n) is 2.77. The van der Waals surface area contributed by atoms with E-state index in [1.54, 1.807) is 23.4 Å². The van der Waals surface area contributed by atoms with Crippen LogP contribution in [-0.4, -0.2) is 73.4 Å². The number of esters is 1. The Hall–Kier alpha value is -3.24. The molecule has 0 N–H and O–H groups in total. The number of carbonyl (C=O) groups excluding carboxylic acids is 2. The molecule has 3 rings (SSSR count). The highest BCUT2D eigenvalue weighted by atomic mass is 16.5. The van der Waals surface area contributed by atoms with Crippen LogP contribution in [0.1, 0.15) is 6.92 Å². The molecule has 1 saturated heterocycles. The summed E-state index contributed by atoms with van der Waals surface area (Å²) >= 11 is 0. The van der Waals surface area contributed by atoms with E-state index in [2.05, 4.69) is 15.1 Å². The van der Waals surface area contributed by atoms with Crippen LogP contribution in [0.2, 0.25) is 0 Å². The van der Waals surface area contributed by atoms with Crippen molar-refractivity contribution in [2.45, 2.75) is 19.6 Å². The molecule has 11 heteroatoms. The summed E-state index contributed by atoms with van der Waals surface area (Å²) in [4.78, 5) is 48.2. The summed E-state index contributed by atoms with van der Waals surface area (Å²) in [6.45, 7) is 3.35. The van der Waals surface area contributed by atoms with Gasteiger partial charge in [-0.25, -0.2) is 19.4 Å². The predicted molar refractivity (Wildman–Crippen MR) is 93.8 cm³/mol. The number of hydrogen-bond donors (Lipinski definition) is 0. The van der Waals surface area contributed by atoms with E-state index < -0.39 is 17.8 Å². The summed E-state index contributed by atoms with van der Waals surface area (Å²) in [6.07, 6.45) is 3.72. The summed E-state index contributed by atoms with van der Waals surface area (Å²) in [5.74, 6) is -0.330. The van der Waals surface area contributed by atoms with Gasteiger partial charge < -0.3 is 14.5 Å². The molecule has 0 radical (unpaired) electrons. The average molecular weight is 375 g/mol. The number of anilines is 1. The second kappa shape index (κ2) is 7.98.